The van der Waals surface area contributed by atoms with Gasteiger partial charge in [-0.05, 0) is 34.9 Å². The van der Waals surface area contributed by atoms with E-state index in [0.717, 1.165) is 24.3 Å². The second-order valence-electron chi connectivity index (χ2n) is 5.31. The summed E-state index contributed by atoms with van der Waals surface area (Å²) in [4.78, 5) is -1.21. The van der Waals surface area contributed by atoms with Crippen LogP contribution in [0.2, 0.25) is 0 Å². The summed E-state index contributed by atoms with van der Waals surface area (Å²) in [5.74, 6) is 0. The molecule has 0 fully saturated rings. The molecule has 2 aromatic rings. The van der Waals surface area contributed by atoms with Gasteiger partial charge in [-0.15, -0.1) is 0 Å². The van der Waals surface area contributed by atoms with Gasteiger partial charge in [-0.25, -0.2) is 0 Å². The second-order valence-corrected chi connectivity index (χ2v) is 9.63. The summed E-state index contributed by atoms with van der Waals surface area (Å²) in [7, 11) is -14.2. The van der Waals surface area contributed by atoms with Crippen LogP contribution >= 0.6 is 0 Å². The van der Waals surface area contributed by atoms with Crippen molar-refractivity contribution in [1.82, 2.24) is 0 Å². The molecule has 3 rings (SSSR count). The van der Waals surface area contributed by atoms with Crippen LogP contribution in [0.3, 0.4) is 0 Å². The highest BCUT2D eigenvalue weighted by molar-refractivity contribution is 7.86. The lowest BCUT2D eigenvalue weighted by atomic mass is 10.1. The van der Waals surface area contributed by atoms with Crippen molar-refractivity contribution in [1.29, 1.82) is 0 Å². The van der Waals surface area contributed by atoms with E-state index in [2.05, 4.69) is 0 Å². The zero-order valence-electron chi connectivity index (χ0n) is 12.1. The van der Waals surface area contributed by atoms with E-state index in [9.17, 15) is 34.4 Å². The fourth-order valence-electron chi connectivity index (χ4n) is 2.90. The Bertz CT molecular complexity index is 1210. The number of fused-ring (bicyclic) bond motifs is 3. The van der Waals surface area contributed by atoms with Gasteiger partial charge in [-0.1, -0.05) is 18.2 Å². The molecule has 3 N–H and O–H groups in total. The van der Waals surface area contributed by atoms with E-state index in [1.165, 1.54) is 12.1 Å². The van der Waals surface area contributed by atoms with Crippen LogP contribution in [0.1, 0.15) is 16.4 Å². The summed E-state index contributed by atoms with van der Waals surface area (Å²) in [6, 6.07) is 6.32. The number of rotatable bonds is 3. The first kappa shape index (κ1) is 18.0. The number of hydrogen-bond donors (Lipinski definition) is 3. The van der Waals surface area contributed by atoms with Crippen molar-refractivity contribution in [3.8, 4) is 11.1 Å². The Kier molecular flexibility index (Phi) is 3.83. The average Bonchev–Trinajstić information content (AvgIpc) is 2.78. The minimum absolute atomic E-state index is 0.00162. The van der Waals surface area contributed by atoms with E-state index < -0.39 is 45.4 Å². The van der Waals surface area contributed by atoms with Gasteiger partial charge in [0, 0.05) is 5.56 Å². The van der Waals surface area contributed by atoms with Crippen molar-refractivity contribution >= 4 is 30.4 Å². The number of benzene rings is 2. The summed E-state index contributed by atoms with van der Waals surface area (Å²) >= 11 is 0. The fraction of sp³-hybridized carbons (Fsp3) is 0.0769. The maximum absolute atomic E-state index is 11.8. The highest BCUT2D eigenvalue weighted by Crippen LogP contribution is 2.50. The Morgan fingerprint density at radius 1 is 0.760 bits per heavy atom. The van der Waals surface area contributed by atoms with Crippen molar-refractivity contribution in [3.05, 3.63) is 47.5 Å². The van der Waals surface area contributed by atoms with E-state index in [-0.39, 0.29) is 22.3 Å². The first-order chi connectivity index (χ1) is 11.3. The highest BCUT2D eigenvalue weighted by atomic mass is 32.2. The monoisotopic (exact) mass is 406 g/mol. The van der Waals surface area contributed by atoms with Crippen molar-refractivity contribution in [3.63, 3.8) is 0 Å². The lowest BCUT2D eigenvalue weighted by molar-refractivity contribution is 0.473. The smallest absolute Gasteiger partial charge is 0.285 e. The molecule has 0 aromatic heterocycles. The lowest BCUT2D eigenvalue weighted by Gasteiger charge is -2.10. The van der Waals surface area contributed by atoms with Crippen molar-refractivity contribution in [2.45, 2.75) is 15.0 Å². The minimum atomic E-state index is -4.81. The Labute approximate surface area is 143 Å². The van der Waals surface area contributed by atoms with Gasteiger partial charge < -0.3 is 0 Å². The van der Waals surface area contributed by atoms with Crippen molar-refractivity contribution < 1.29 is 38.9 Å². The predicted molar refractivity (Wildman–Crippen MR) is 84.9 cm³/mol. The maximum Gasteiger partial charge on any atom is 0.295 e. The molecule has 0 spiro atoms. The van der Waals surface area contributed by atoms with E-state index >= 15 is 0 Å². The van der Waals surface area contributed by atoms with Gasteiger partial charge in [0.2, 0.25) is 0 Å². The molecule has 1 aliphatic carbocycles. The van der Waals surface area contributed by atoms with E-state index in [0.29, 0.717) is 0 Å². The first-order valence-corrected chi connectivity index (χ1v) is 10.9. The summed E-state index contributed by atoms with van der Waals surface area (Å²) in [5.41, 5.74) is -0.536. The third kappa shape index (κ3) is 2.96. The Morgan fingerprint density at radius 3 is 1.92 bits per heavy atom. The summed E-state index contributed by atoms with van der Waals surface area (Å²) in [6.45, 7) is 0. The maximum atomic E-state index is 11.8. The average molecular weight is 406 g/mol. The molecular formula is C13H10O9S3. The zero-order chi connectivity index (χ0) is 18.8. The molecule has 9 nitrogen and oxygen atoms in total. The molecule has 12 heteroatoms. The third-order valence-electron chi connectivity index (χ3n) is 3.79. The summed E-state index contributed by atoms with van der Waals surface area (Å²) in [5, 5.41) is -1.76. The SMILES string of the molecule is O=S(=O)(O)c1ccc2c(c1)C(S(=O)(=O)O)c1cccc(S(=O)(=O)O)c1-2. The van der Waals surface area contributed by atoms with Crippen LogP contribution in [0, 0.1) is 0 Å². The van der Waals surface area contributed by atoms with E-state index in [1.807, 2.05) is 0 Å². The predicted octanol–water partition coefficient (Wildman–Crippen LogP) is 1.14. The molecule has 0 amide bonds. The van der Waals surface area contributed by atoms with E-state index in [4.69, 9.17) is 4.55 Å². The van der Waals surface area contributed by atoms with Gasteiger partial charge in [-0.3, -0.25) is 13.7 Å². The van der Waals surface area contributed by atoms with E-state index in [1.54, 1.807) is 0 Å². The zero-order valence-corrected chi connectivity index (χ0v) is 14.5. The first-order valence-electron chi connectivity index (χ1n) is 6.50. The molecule has 1 unspecified atom stereocenters. The summed E-state index contributed by atoms with van der Waals surface area (Å²) < 4.78 is 97.5. The topological polar surface area (TPSA) is 163 Å². The van der Waals surface area contributed by atoms with Crippen LogP contribution in [0.15, 0.2) is 46.2 Å². The van der Waals surface area contributed by atoms with Crippen LogP contribution in [-0.4, -0.2) is 38.9 Å². The highest BCUT2D eigenvalue weighted by Gasteiger charge is 2.40. The quantitative estimate of drug-likeness (QED) is 0.634. The molecule has 1 aliphatic rings. The molecule has 0 aliphatic heterocycles. The van der Waals surface area contributed by atoms with Gasteiger partial charge in [0.15, 0.2) is 0 Å². The second kappa shape index (κ2) is 5.33. The molecular weight excluding hydrogens is 396 g/mol. The Hall–Kier alpha value is -1.83. The Morgan fingerprint density at radius 2 is 1.40 bits per heavy atom. The normalized spacial score (nSPS) is 17.2. The molecule has 0 saturated carbocycles. The molecule has 1 atom stereocenters. The third-order valence-corrected chi connectivity index (χ3v) is 6.64. The van der Waals surface area contributed by atoms with Gasteiger partial charge >= 0.3 is 0 Å². The lowest BCUT2D eigenvalue weighted by Crippen LogP contribution is -2.12. The number of hydrogen-bond acceptors (Lipinski definition) is 6. The largest absolute Gasteiger partial charge is 0.295 e. The van der Waals surface area contributed by atoms with Crippen molar-refractivity contribution in [2.75, 3.05) is 0 Å². The van der Waals surface area contributed by atoms with Gasteiger partial charge in [-0.2, -0.15) is 25.3 Å². The van der Waals surface area contributed by atoms with Gasteiger partial charge in [0.05, 0.1) is 4.90 Å². The van der Waals surface area contributed by atoms with Crippen LogP contribution in [0.25, 0.3) is 11.1 Å². The van der Waals surface area contributed by atoms with Crippen LogP contribution < -0.4 is 0 Å². The Balaban J connectivity index is 2.47. The standard InChI is InChI=1S/C13H10O9S3/c14-23(15,16)7-4-5-8-10(6-7)13(25(20,21)22)9-2-1-3-11(12(8)9)24(17,18)19/h1-6,13H,(H,14,15,16)(H,17,18,19)(H,20,21,22). The molecule has 2 aromatic carbocycles. The molecule has 134 valence electrons. The van der Waals surface area contributed by atoms with Crippen LogP contribution in [-0.2, 0) is 30.4 Å². The van der Waals surface area contributed by atoms with Gasteiger partial charge in [0.25, 0.3) is 30.4 Å². The molecule has 0 saturated heterocycles. The molecule has 0 radical (unpaired) electrons. The molecule has 0 bridgehead atoms. The molecule has 25 heavy (non-hydrogen) atoms. The summed E-state index contributed by atoms with van der Waals surface area (Å²) in [6.07, 6.45) is 0. The van der Waals surface area contributed by atoms with Crippen molar-refractivity contribution in [2.24, 2.45) is 0 Å². The van der Waals surface area contributed by atoms with Gasteiger partial charge in [0.1, 0.15) is 10.1 Å². The fourth-order valence-corrected chi connectivity index (χ4v) is 5.19. The van der Waals surface area contributed by atoms with Crippen LogP contribution in [0.5, 0.6) is 0 Å². The minimum Gasteiger partial charge on any atom is -0.285 e. The molecule has 0 heterocycles. The van der Waals surface area contributed by atoms with Crippen LogP contribution in [0.4, 0.5) is 0 Å².